The molecule has 1 aromatic rings. The van der Waals surface area contributed by atoms with Crippen molar-refractivity contribution >= 4 is 21.4 Å². The van der Waals surface area contributed by atoms with E-state index in [0.29, 0.717) is 13.0 Å². The standard InChI is InChI=1S/C16H22FN3O3S/c17-13-1-3-15(4-2-13)20-8-6-19(7-9-20)11-16(21)18-14-5-10-24(22,23)12-14/h1-4,14H,5-12H2,(H,18,21)/p+1/t14-/m0/s1. The smallest absolute Gasteiger partial charge is 0.275 e. The van der Waals surface area contributed by atoms with Crippen molar-refractivity contribution in [1.82, 2.24) is 5.32 Å². The van der Waals surface area contributed by atoms with Crippen LogP contribution >= 0.6 is 0 Å². The topological polar surface area (TPSA) is 70.9 Å². The molecule has 0 unspecified atom stereocenters. The van der Waals surface area contributed by atoms with E-state index in [1.807, 2.05) is 0 Å². The van der Waals surface area contributed by atoms with Gasteiger partial charge in [0.1, 0.15) is 5.82 Å². The highest BCUT2D eigenvalue weighted by atomic mass is 32.2. The fourth-order valence-electron chi connectivity index (χ4n) is 3.32. The third-order valence-corrected chi connectivity index (χ3v) is 6.44. The number of sulfone groups is 1. The van der Waals surface area contributed by atoms with Gasteiger partial charge in [0.25, 0.3) is 5.91 Å². The van der Waals surface area contributed by atoms with Crippen LogP contribution < -0.4 is 15.1 Å². The number of hydrogen-bond donors (Lipinski definition) is 2. The minimum atomic E-state index is -2.97. The summed E-state index contributed by atoms with van der Waals surface area (Å²) >= 11 is 0. The minimum Gasteiger partial charge on any atom is -0.360 e. The maximum atomic E-state index is 13.0. The summed E-state index contributed by atoms with van der Waals surface area (Å²) < 4.78 is 35.8. The molecule has 2 saturated heterocycles. The molecule has 1 amide bonds. The van der Waals surface area contributed by atoms with Crippen molar-refractivity contribution < 1.29 is 22.5 Å². The van der Waals surface area contributed by atoms with Crippen LogP contribution in [-0.2, 0) is 14.6 Å². The molecule has 1 atom stereocenters. The van der Waals surface area contributed by atoms with Gasteiger partial charge in [-0.3, -0.25) is 4.79 Å². The maximum absolute atomic E-state index is 13.0. The molecule has 2 aliphatic heterocycles. The Hall–Kier alpha value is -1.67. The van der Waals surface area contributed by atoms with E-state index in [1.54, 1.807) is 12.1 Å². The summed E-state index contributed by atoms with van der Waals surface area (Å²) in [6.07, 6.45) is 0.516. The zero-order valence-corrected chi connectivity index (χ0v) is 14.3. The normalized spacial score (nSPS) is 24.0. The van der Waals surface area contributed by atoms with Crippen molar-refractivity contribution in [2.24, 2.45) is 0 Å². The summed E-state index contributed by atoms with van der Waals surface area (Å²) in [4.78, 5) is 15.5. The van der Waals surface area contributed by atoms with Gasteiger partial charge < -0.3 is 15.1 Å². The third kappa shape index (κ3) is 4.45. The van der Waals surface area contributed by atoms with Gasteiger partial charge in [-0.25, -0.2) is 12.8 Å². The molecule has 0 aliphatic carbocycles. The van der Waals surface area contributed by atoms with E-state index in [-0.39, 0.29) is 29.3 Å². The van der Waals surface area contributed by atoms with Crippen LogP contribution in [0.2, 0.25) is 0 Å². The molecule has 0 radical (unpaired) electrons. The van der Waals surface area contributed by atoms with Gasteiger partial charge in [-0.05, 0) is 30.7 Å². The van der Waals surface area contributed by atoms with E-state index in [0.717, 1.165) is 31.9 Å². The molecular weight excluding hydrogens is 333 g/mol. The van der Waals surface area contributed by atoms with E-state index in [2.05, 4.69) is 10.2 Å². The van der Waals surface area contributed by atoms with Gasteiger partial charge in [-0.1, -0.05) is 0 Å². The fraction of sp³-hybridized carbons (Fsp3) is 0.562. The van der Waals surface area contributed by atoms with Crippen molar-refractivity contribution in [2.45, 2.75) is 12.5 Å². The molecule has 0 aromatic heterocycles. The van der Waals surface area contributed by atoms with Crippen LogP contribution in [0.15, 0.2) is 24.3 Å². The minimum absolute atomic E-state index is 0.0619. The Morgan fingerprint density at radius 2 is 1.92 bits per heavy atom. The first kappa shape index (κ1) is 17.2. The van der Waals surface area contributed by atoms with Gasteiger partial charge in [0, 0.05) is 11.7 Å². The number of rotatable bonds is 4. The van der Waals surface area contributed by atoms with Crippen LogP contribution in [0.4, 0.5) is 10.1 Å². The molecule has 3 rings (SSSR count). The Balaban J connectivity index is 1.43. The lowest BCUT2D eigenvalue weighted by molar-refractivity contribution is -0.892. The first-order valence-corrected chi connectivity index (χ1v) is 10.1. The highest BCUT2D eigenvalue weighted by Crippen LogP contribution is 2.14. The predicted octanol–water partition coefficient (Wildman–Crippen LogP) is -1.17. The molecule has 2 aliphatic rings. The molecule has 2 fully saturated rings. The SMILES string of the molecule is O=C(C[NH+]1CCN(c2ccc(F)cc2)CC1)N[C@H]1CCS(=O)(=O)C1. The molecule has 1 aromatic carbocycles. The fourth-order valence-corrected chi connectivity index (χ4v) is 5.00. The number of nitrogens with one attached hydrogen (secondary N) is 2. The van der Waals surface area contributed by atoms with Crippen molar-refractivity contribution in [3.63, 3.8) is 0 Å². The van der Waals surface area contributed by atoms with E-state index >= 15 is 0 Å². The summed E-state index contributed by atoms with van der Waals surface area (Å²) in [5, 5.41) is 2.84. The first-order valence-electron chi connectivity index (χ1n) is 8.25. The summed E-state index contributed by atoms with van der Waals surface area (Å²) in [6.45, 7) is 3.65. The largest absolute Gasteiger partial charge is 0.360 e. The van der Waals surface area contributed by atoms with Gasteiger partial charge in [0.15, 0.2) is 16.4 Å². The second-order valence-electron chi connectivity index (χ2n) is 6.56. The number of quaternary nitrogens is 1. The average molecular weight is 356 g/mol. The highest BCUT2D eigenvalue weighted by molar-refractivity contribution is 7.91. The van der Waals surface area contributed by atoms with Gasteiger partial charge in [-0.2, -0.15) is 0 Å². The highest BCUT2D eigenvalue weighted by Gasteiger charge is 2.30. The zero-order chi connectivity index (χ0) is 17.2. The second kappa shape index (κ2) is 7.06. The number of hydrogen-bond acceptors (Lipinski definition) is 4. The van der Waals surface area contributed by atoms with Gasteiger partial charge >= 0.3 is 0 Å². The van der Waals surface area contributed by atoms with E-state index in [4.69, 9.17) is 0 Å². The number of benzene rings is 1. The van der Waals surface area contributed by atoms with Gasteiger partial charge in [-0.15, -0.1) is 0 Å². The Morgan fingerprint density at radius 3 is 2.50 bits per heavy atom. The van der Waals surface area contributed by atoms with Crippen molar-refractivity contribution in [1.29, 1.82) is 0 Å². The van der Waals surface area contributed by atoms with Crippen molar-refractivity contribution in [3.05, 3.63) is 30.1 Å². The summed E-state index contributed by atoms with van der Waals surface area (Å²) in [5.74, 6) is -0.0935. The second-order valence-corrected chi connectivity index (χ2v) is 8.79. The number of nitrogens with zero attached hydrogens (tertiary/aromatic N) is 1. The van der Waals surface area contributed by atoms with Crippen LogP contribution in [0.1, 0.15) is 6.42 Å². The lowest BCUT2D eigenvalue weighted by Gasteiger charge is -2.33. The predicted molar refractivity (Wildman–Crippen MR) is 89.4 cm³/mol. The summed E-state index contributed by atoms with van der Waals surface area (Å²) in [6, 6.07) is 6.22. The lowest BCUT2D eigenvalue weighted by atomic mass is 10.2. The summed E-state index contributed by atoms with van der Waals surface area (Å²) in [5.41, 5.74) is 0.996. The monoisotopic (exact) mass is 356 g/mol. The number of anilines is 1. The van der Waals surface area contributed by atoms with Crippen molar-refractivity contribution in [3.8, 4) is 0 Å². The van der Waals surface area contributed by atoms with Gasteiger partial charge in [0.2, 0.25) is 0 Å². The molecule has 8 heteroatoms. The zero-order valence-electron chi connectivity index (χ0n) is 13.5. The summed E-state index contributed by atoms with van der Waals surface area (Å²) in [7, 11) is -2.97. The Bertz CT molecular complexity index is 685. The van der Waals surface area contributed by atoms with E-state index in [1.165, 1.54) is 17.0 Å². The molecule has 0 bridgehead atoms. The molecular formula is C16H23FN3O3S+. The van der Waals surface area contributed by atoms with Crippen LogP contribution in [0, 0.1) is 5.82 Å². The molecule has 2 heterocycles. The number of piperazine rings is 1. The van der Waals surface area contributed by atoms with Crippen LogP contribution in [0.5, 0.6) is 0 Å². The Kier molecular flexibility index (Phi) is 5.05. The third-order valence-electron chi connectivity index (χ3n) is 4.67. The lowest BCUT2D eigenvalue weighted by Crippen LogP contribution is -3.16. The van der Waals surface area contributed by atoms with Crippen LogP contribution in [-0.4, -0.2) is 64.6 Å². The van der Waals surface area contributed by atoms with Crippen molar-refractivity contribution in [2.75, 3.05) is 49.1 Å². The molecule has 0 spiro atoms. The number of carbonyl (C=O) groups excluding carboxylic acids is 1. The Morgan fingerprint density at radius 1 is 1.25 bits per heavy atom. The molecule has 0 saturated carbocycles. The first-order chi connectivity index (χ1) is 11.4. The molecule has 132 valence electrons. The number of amides is 1. The Labute approximate surface area is 141 Å². The maximum Gasteiger partial charge on any atom is 0.275 e. The average Bonchev–Trinajstić information content (AvgIpc) is 2.87. The number of halogens is 1. The van der Waals surface area contributed by atoms with E-state index < -0.39 is 9.84 Å². The van der Waals surface area contributed by atoms with Gasteiger partial charge in [0.05, 0.1) is 37.7 Å². The number of carbonyl (C=O) groups is 1. The van der Waals surface area contributed by atoms with Crippen LogP contribution in [0.25, 0.3) is 0 Å². The molecule has 24 heavy (non-hydrogen) atoms. The molecule has 2 N–H and O–H groups in total. The van der Waals surface area contributed by atoms with E-state index in [9.17, 15) is 17.6 Å². The molecule has 6 nitrogen and oxygen atoms in total. The quantitative estimate of drug-likeness (QED) is 0.714. The van der Waals surface area contributed by atoms with Crippen LogP contribution in [0.3, 0.4) is 0 Å².